The fourth-order valence-electron chi connectivity index (χ4n) is 4.25. The largest absolute Gasteiger partial charge is 0.496 e. The van der Waals surface area contributed by atoms with Crippen LogP contribution >= 0.6 is 0 Å². The lowest BCUT2D eigenvalue weighted by Gasteiger charge is -2.23. The Bertz CT molecular complexity index is 1040. The third kappa shape index (κ3) is 6.93. The van der Waals surface area contributed by atoms with E-state index in [4.69, 9.17) is 4.74 Å². The van der Waals surface area contributed by atoms with Crippen molar-refractivity contribution in [1.29, 1.82) is 0 Å². The molecule has 0 aliphatic carbocycles. The van der Waals surface area contributed by atoms with Crippen LogP contribution < -0.4 is 10.1 Å². The minimum absolute atomic E-state index is 0.0162. The van der Waals surface area contributed by atoms with Gasteiger partial charge in [-0.3, -0.25) is 4.79 Å². The second-order valence-corrected chi connectivity index (χ2v) is 9.30. The van der Waals surface area contributed by atoms with E-state index in [0.717, 1.165) is 36.3 Å². The van der Waals surface area contributed by atoms with Crippen molar-refractivity contribution in [2.75, 3.05) is 27.7 Å². The molecule has 4 heteroatoms. The highest BCUT2D eigenvalue weighted by atomic mass is 16.5. The number of methoxy groups -OCH3 is 1. The maximum Gasteiger partial charge on any atom is 0.251 e. The van der Waals surface area contributed by atoms with E-state index in [1.807, 2.05) is 56.6 Å². The first-order chi connectivity index (χ1) is 15.9. The van der Waals surface area contributed by atoms with Gasteiger partial charge in [-0.2, -0.15) is 0 Å². The molecule has 0 unspecified atom stereocenters. The van der Waals surface area contributed by atoms with Gasteiger partial charge in [0.05, 0.1) is 7.11 Å². The van der Waals surface area contributed by atoms with E-state index >= 15 is 0 Å². The number of amides is 1. The Labute approximate surface area is 198 Å². The predicted octanol–water partition coefficient (Wildman–Crippen LogP) is 5.46. The summed E-state index contributed by atoms with van der Waals surface area (Å²) in [5.74, 6) is 1.36. The molecular formula is C29H36N2O2. The van der Waals surface area contributed by atoms with Crippen LogP contribution in [0.1, 0.15) is 35.3 Å². The molecule has 33 heavy (non-hydrogen) atoms. The van der Waals surface area contributed by atoms with Crippen molar-refractivity contribution in [2.45, 2.75) is 32.7 Å². The maximum absolute atomic E-state index is 13.2. The van der Waals surface area contributed by atoms with Gasteiger partial charge in [-0.05, 0) is 61.7 Å². The summed E-state index contributed by atoms with van der Waals surface area (Å²) in [4.78, 5) is 15.3. The Morgan fingerprint density at radius 2 is 1.67 bits per heavy atom. The second-order valence-electron chi connectivity index (χ2n) is 9.30. The molecule has 0 saturated carbocycles. The van der Waals surface area contributed by atoms with Crippen molar-refractivity contribution in [3.63, 3.8) is 0 Å². The first-order valence-electron chi connectivity index (χ1n) is 11.6. The van der Waals surface area contributed by atoms with E-state index < -0.39 is 0 Å². The summed E-state index contributed by atoms with van der Waals surface area (Å²) >= 11 is 0. The van der Waals surface area contributed by atoms with Gasteiger partial charge in [0.15, 0.2) is 0 Å². The van der Waals surface area contributed by atoms with Crippen LogP contribution in [0.2, 0.25) is 0 Å². The van der Waals surface area contributed by atoms with Crippen LogP contribution in [0.25, 0.3) is 11.1 Å². The Morgan fingerprint density at radius 3 is 2.33 bits per heavy atom. The molecule has 1 amide bonds. The lowest BCUT2D eigenvalue weighted by atomic mass is 9.95. The van der Waals surface area contributed by atoms with Crippen molar-refractivity contribution in [3.8, 4) is 16.9 Å². The third-order valence-electron chi connectivity index (χ3n) is 5.61. The molecule has 1 atom stereocenters. The van der Waals surface area contributed by atoms with Gasteiger partial charge in [0, 0.05) is 23.7 Å². The number of rotatable bonds is 10. The van der Waals surface area contributed by atoms with Gasteiger partial charge in [0.1, 0.15) is 5.75 Å². The molecule has 4 nitrogen and oxygen atoms in total. The topological polar surface area (TPSA) is 41.6 Å². The van der Waals surface area contributed by atoms with Crippen LogP contribution in [0.3, 0.4) is 0 Å². The van der Waals surface area contributed by atoms with Crippen LogP contribution in [0, 0.1) is 5.92 Å². The van der Waals surface area contributed by atoms with Gasteiger partial charge >= 0.3 is 0 Å². The van der Waals surface area contributed by atoms with Crippen LogP contribution in [-0.4, -0.2) is 44.6 Å². The van der Waals surface area contributed by atoms with Crippen molar-refractivity contribution in [2.24, 2.45) is 5.92 Å². The molecule has 0 bridgehead atoms. The second kappa shape index (κ2) is 11.7. The SMILES string of the molecule is COc1c(CC(C)C)cccc1-c1cccc(C(=O)N[C@H](Cc2ccccc2)CN(C)C)c1. The first kappa shape index (κ1) is 24.5. The van der Waals surface area contributed by atoms with Gasteiger partial charge in [0.2, 0.25) is 0 Å². The number of nitrogens with zero attached hydrogens (tertiary/aromatic N) is 1. The minimum Gasteiger partial charge on any atom is -0.496 e. The molecular weight excluding hydrogens is 408 g/mol. The highest BCUT2D eigenvalue weighted by molar-refractivity contribution is 5.96. The molecule has 3 rings (SSSR count). The predicted molar refractivity (Wildman–Crippen MR) is 137 cm³/mol. The summed E-state index contributed by atoms with van der Waals surface area (Å²) in [6.45, 7) is 5.18. The average molecular weight is 445 g/mol. The molecule has 0 heterocycles. The number of carbonyl (C=O) groups excluding carboxylic acids is 1. The van der Waals surface area contributed by atoms with Crippen LogP contribution in [0.4, 0.5) is 0 Å². The average Bonchev–Trinajstić information content (AvgIpc) is 2.79. The van der Waals surface area contributed by atoms with Crippen LogP contribution in [-0.2, 0) is 12.8 Å². The van der Waals surface area contributed by atoms with Crippen LogP contribution in [0.15, 0.2) is 72.8 Å². The molecule has 0 radical (unpaired) electrons. The van der Waals surface area contributed by atoms with Crippen molar-refractivity contribution in [3.05, 3.63) is 89.5 Å². The molecule has 0 aromatic heterocycles. The molecule has 174 valence electrons. The van der Waals surface area contributed by atoms with Gasteiger partial charge in [-0.15, -0.1) is 0 Å². The van der Waals surface area contributed by atoms with Gasteiger partial charge in [-0.25, -0.2) is 0 Å². The fraction of sp³-hybridized carbons (Fsp3) is 0.345. The number of likely N-dealkylation sites (N-methyl/N-ethyl adjacent to an activating group) is 1. The van der Waals surface area contributed by atoms with Crippen molar-refractivity contribution < 1.29 is 9.53 Å². The van der Waals surface area contributed by atoms with E-state index in [2.05, 4.69) is 54.4 Å². The maximum atomic E-state index is 13.2. The molecule has 3 aromatic carbocycles. The van der Waals surface area contributed by atoms with Crippen LogP contribution in [0.5, 0.6) is 5.75 Å². The molecule has 1 N–H and O–H groups in total. The van der Waals surface area contributed by atoms with E-state index in [9.17, 15) is 4.79 Å². The Hall–Kier alpha value is -3.11. The normalized spacial score (nSPS) is 12.1. The monoisotopic (exact) mass is 444 g/mol. The number of carbonyl (C=O) groups is 1. The Morgan fingerprint density at radius 1 is 0.939 bits per heavy atom. The Balaban J connectivity index is 1.84. The molecule has 0 fully saturated rings. The minimum atomic E-state index is -0.0584. The Kier molecular flexibility index (Phi) is 8.67. The fourth-order valence-corrected chi connectivity index (χ4v) is 4.25. The summed E-state index contributed by atoms with van der Waals surface area (Å²) in [5, 5.41) is 3.25. The molecule has 0 saturated heterocycles. The summed E-state index contributed by atoms with van der Waals surface area (Å²) in [7, 11) is 5.77. The van der Waals surface area contributed by atoms with Gasteiger partial charge in [-0.1, -0.05) is 74.5 Å². The lowest BCUT2D eigenvalue weighted by Crippen LogP contribution is -2.43. The highest BCUT2D eigenvalue weighted by Crippen LogP contribution is 2.34. The highest BCUT2D eigenvalue weighted by Gasteiger charge is 2.17. The number of benzene rings is 3. The molecule has 0 spiro atoms. The number of nitrogens with one attached hydrogen (secondary N) is 1. The zero-order chi connectivity index (χ0) is 23.8. The summed E-state index contributed by atoms with van der Waals surface area (Å²) in [5.41, 5.74) is 5.05. The van der Waals surface area contributed by atoms with E-state index in [0.29, 0.717) is 11.5 Å². The van der Waals surface area contributed by atoms with E-state index in [-0.39, 0.29) is 11.9 Å². The number of hydrogen-bond acceptors (Lipinski definition) is 3. The first-order valence-corrected chi connectivity index (χ1v) is 11.6. The quantitative estimate of drug-likeness (QED) is 0.451. The number of hydrogen-bond donors (Lipinski definition) is 1. The standard InChI is InChI=1S/C29H36N2O2/c1-21(2)17-24-14-10-16-27(28(24)33-5)23-13-9-15-25(19-23)29(32)30-26(20-31(3)4)18-22-11-7-6-8-12-22/h6-16,19,21,26H,17-18,20H2,1-5H3,(H,30,32)/t26-/m1/s1. The smallest absolute Gasteiger partial charge is 0.251 e. The third-order valence-corrected chi connectivity index (χ3v) is 5.61. The zero-order valence-corrected chi connectivity index (χ0v) is 20.5. The molecule has 3 aromatic rings. The zero-order valence-electron chi connectivity index (χ0n) is 20.5. The number of para-hydroxylation sites is 1. The van der Waals surface area contributed by atoms with E-state index in [1.165, 1.54) is 11.1 Å². The van der Waals surface area contributed by atoms with Gasteiger partial charge in [0.25, 0.3) is 5.91 Å². The van der Waals surface area contributed by atoms with Gasteiger partial charge < -0.3 is 15.0 Å². The van der Waals surface area contributed by atoms with Crippen molar-refractivity contribution >= 4 is 5.91 Å². The molecule has 0 aliphatic heterocycles. The lowest BCUT2D eigenvalue weighted by molar-refractivity contribution is 0.0930. The van der Waals surface area contributed by atoms with Crippen molar-refractivity contribution in [1.82, 2.24) is 10.2 Å². The summed E-state index contributed by atoms with van der Waals surface area (Å²) < 4.78 is 5.80. The summed E-state index contributed by atoms with van der Waals surface area (Å²) in [6.07, 6.45) is 1.73. The van der Waals surface area contributed by atoms with E-state index in [1.54, 1.807) is 7.11 Å². The summed E-state index contributed by atoms with van der Waals surface area (Å²) in [6, 6.07) is 24.4. The number of ether oxygens (including phenoxy) is 1. The molecule has 0 aliphatic rings.